The van der Waals surface area contributed by atoms with Gasteiger partial charge in [-0.1, -0.05) is 18.2 Å². The fourth-order valence-electron chi connectivity index (χ4n) is 4.04. The number of hydrogen-bond acceptors (Lipinski definition) is 6. The Morgan fingerprint density at radius 3 is 2.75 bits per heavy atom. The first-order valence-corrected chi connectivity index (χ1v) is 11.8. The lowest BCUT2D eigenvalue weighted by molar-refractivity contribution is -0.125. The Bertz CT molecular complexity index is 1150. The number of nitrogens with one attached hydrogen (secondary N) is 2. The summed E-state index contributed by atoms with van der Waals surface area (Å²) >= 11 is 1.27. The number of halogens is 1. The van der Waals surface area contributed by atoms with Crippen LogP contribution in [-0.4, -0.2) is 61.0 Å². The molecule has 4 rings (SSSR count). The number of carbonyl (C=O) groups excluding carboxylic acids is 1. The standard InChI is InChI=1S/C23H28FN5O2S/c1-28(2)11-5-10-25-21(30)15-8-12-29(13-9-15)23-26-19-17(14-32-20(19)22(31)27-23)16-6-3-4-7-18(16)24/h3-4,6-7,14-15H,5,8-13H2,1-2H3,(H,25,30)(H,26,27,31). The van der Waals surface area contributed by atoms with E-state index in [0.717, 1.165) is 13.0 Å². The average molecular weight is 458 g/mol. The highest BCUT2D eigenvalue weighted by Crippen LogP contribution is 2.33. The maximum absolute atomic E-state index is 14.3. The van der Waals surface area contributed by atoms with E-state index in [9.17, 15) is 14.0 Å². The number of fused-ring (bicyclic) bond motifs is 1. The van der Waals surface area contributed by atoms with Gasteiger partial charge in [-0.25, -0.2) is 9.37 Å². The molecule has 170 valence electrons. The Morgan fingerprint density at radius 2 is 2.03 bits per heavy atom. The zero-order valence-electron chi connectivity index (χ0n) is 18.4. The van der Waals surface area contributed by atoms with Gasteiger partial charge in [0.1, 0.15) is 10.5 Å². The minimum absolute atomic E-state index is 0.0313. The molecule has 1 amide bonds. The fourth-order valence-corrected chi connectivity index (χ4v) is 4.94. The molecule has 3 heterocycles. The summed E-state index contributed by atoms with van der Waals surface area (Å²) in [6.07, 6.45) is 2.32. The smallest absolute Gasteiger partial charge is 0.270 e. The number of piperidine rings is 1. The second-order valence-electron chi connectivity index (χ2n) is 8.41. The maximum Gasteiger partial charge on any atom is 0.270 e. The summed E-state index contributed by atoms with van der Waals surface area (Å²) in [4.78, 5) is 36.8. The van der Waals surface area contributed by atoms with Gasteiger partial charge in [0.2, 0.25) is 11.9 Å². The number of benzene rings is 1. The molecule has 1 aliphatic rings. The SMILES string of the molecule is CN(C)CCCNC(=O)C1CCN(c2nc3c(-c4ccccc4F)csc3c(=O)[nH]2)CC1. The normalized spacial score (nSPS) is 14.9. The number of rotatable bonds is 7. The average Bonchev–Trinajstić information content (AvgIpc) is 3.21. The molecule has 0 atom stereocenters. The molecule has 7 nitrogen and oxygen atoms in total. The Kier molecular flexibility index (Phi) is 6.86. The molecule has 32 heavy (non-hydrogen) atoms. The Balaban J connectivity index is 1.46. The molecule has 1 aromatic carbocycles. The molecule has 9 heteroatoms. The van der Waals surface area contributed by atoms with Gasteiger partial charge in [0.05, 0.1) is 5.52 Å². The summed E-state index contributed by atoms with van der Waals surface area (Å²) in [7, 11) is 4.03. The van der Waals surface area contributed by atoms with Crippen LogP contribution in [0.3, 0.4) is 0 Å². The van der Waals surface area contributed by atoms with Crippen LogP contribution in [0.2, 0.25) is 0 Å². The van der Waals surface area contributed by atoms with Gasteiger partial charge in [0.15, 0.2) is 0 Å². The van der Waals surface area contributed by atoms with Crippen molar-refractivity contribution in [3.05, 3.63) is 45.8 Å². The van der Waals surface area contributed by atoms with Crippen LogP contribution in [0.5, 0.6) is 0 Å². The number of thiophene rings is 1. The molecular weight excluding hydrogens is 429 g/mol. The van der Waals surface area contributed by atoms with E-state index < -0.39 is 0 Å². The van der Waals surface area contributed by atoms with Crippen LogP contribution in [-0.2, 0) is 4.79 Å². The van der Waals surface area contributed by atoms with Crippen molar-refractivity contribution in [3.8, 4) is 11.1 Å². The first-order valence-electron chi connectivity index (χ1n) is 10.9. The molecule has 2 aromatic heterocycles. The third-order valence-corrected chi connectivity index (χ3v) is 6.79. The lowest BCUT2D eigenvalue weighted by atomic mass is 9.96. The van der Waals surface area contributed by atoms with Gasteiger partial charge in [-0.05, 0) is 46.0 Å². The molecule has 0 unspecified atom stereocenters. The van der Waals surface area contributed by atoms with Gasteiger partial charge in [-0.2, -0.15) is 0 Å². The van der Waals surface area contributed by atoms with E-state index in [1.807, 2.05) is 19.0 Å². The quantitative estimate of drug-likeness (QED) is 0.533. The van der Waals surface area contributed by atoms with Crippen molar-refractivity contribution in [2.75, 3.05) is 45.2 Å². The number of anilines is 1. The highest BCUT2D eigenvalue weighted by molar-refractivity contribution is 7.17. The third-order valence-electron chi connectivity index (χ3n) is 5.82. The third kappa shape index (κ3) is 4.83. The van der Waals surface area contributed by atoms with E-state index in [-0.39, 0.29) is 23.2 Å². The van der Waals surface area contributed by atoms with Crippen molar-refractivity contribution in [1.29, 1.82) is 0 Å². The monoisotopic (exact) mass is 457 g/mol. The first kappa shape index (κ1) is 22.4. The number of hydrogen-bond donors (Lipinski definition) is 2. The number of aromatic nitrogens is 2. The summed E-state index contributed by atoms with van der Waals surface area (Å²) in [5.41, 5.74) is 1.35. The topological polar surface area (TPSA) is 81.3 Å². The molecule has 3 aromatic rings. The lowest BCUT2D eigenvalue weighted by Gasteiger charge is -2.31. The molecule has 1 saturated heterocycles. The second-order valence-corrected chi connectivity index (χ2v) is 9.29. The summed E-state index contributed by atoms with van der Waals surface area (Å²) in [6, 6.07) is 6.51. The number of H-pyrrole nitrogens is 1. The summed E-state index contributed by atoms with van der Waals surface area (Å²) < 4.78 is 14.8. The Hall–Kier alpha value is -2.78. The number of nitrogens with zero attached hydrogens (tertiary/aromatic N) is 3. The van der Waals surface area contributed by atoms with Crippen molar-refractivity contribution in [3.63, 3.8) is 0 Å². The van der Waals surface area contributed by atoms with Gasteiger partial charge in [0.25, 0.3) is 5.56 Å². The van der Waals surface area contributed by atoms with Gasteiger partial charge < -0.3 is 15.1 Å². The maximum atomic E-state index is 14.3. The van der Waals surface area contributed by atoms with Gasteiger partial charge >= 0.3 is 0 Å². The predicted molar refractivity (Wildman–Crippen MR) is 127 cm³/mol. The fraction of sp³-hybridized carbons (Fsp3) is 0.435. The highest BCUT2D eigenvalue weighted by atomic mass is 32.1. The van der Waals surface area contributed by atoms with Crippen LogP contribution in [0, 0.1) is 11.7 Å². The predicted octanol–water partition coefficient (Wildman–Crippen LogP) is 3.08. The van der Waals surface area contributed by atoms with E-state index in [0.29, 0.717) is 59.8 Å². The molecular formula is C23H28FN5O2S. The van der Waals surface area contributed by atoms with Crippen LogP contribution >= 0.6 is 11.3 Å². The molecule has 1 fully saturated rings. The molecule has 2 N–H and O–H groups in total. The molecule has 0 saturated carbocycles. The number of aromatic amines is 1. The number of amides is 1. The van der Waals surface area contributed by atoms with Crippen molar-refractivity contribution in [2.24, 2.45) is 5.92 Å². The summed E-state index contributed by atoms with van der Waals surface area (Å²) in [5.74, 6) is 0.202. The van der Waals surface area contributed by atoms with Crippen LogP contribution in [0.4, 0.5) is 10.3 Å². The van der Waals surface area contributed by atoms with Gasteiger partial charge in [-0.3, -0.25) is 14.6 Å². The molecule has 0 radical (unpaired) electrons. The minimum atomic E-state index is -0.340. The highest BCUT2D eigenvalue weighted by Gasteiger charge is 2.26. The zero-order valence-corrected chi connectivity index (χ0v) is 19.2. The first-order chi connectivity index (χ1) is 15.4. The van der Waals surface area contributed by atoms with Crippen molar-refractivity contribution in [2.45, 2.75) is 19.3 Å². The van der Waals surface area contributed by atoms with Crippen LogP contribution < -0.4 is 15.8 Å². The minimum Gasteiger partial charge on any atom is -0.356 e. The van der Waals surface area contributed by atoms with Crippen LogP contribution in [0.25, 0.3) is 21.3 Å². The van der Waals surface area contributed by atoms with Crippen molar-refractivity contribution >= 4 is 33.4 Å². The molecule has 1 aliphatic heterocycles. The second kappa shape index (κ2) is 9.79. The molecule has 0 spiro atoms. The van der Waals surface area contributed by atoms with Crippen LogP contribution in [0.1, 0.15) is 19.3 Å². The van der Waals surface area contributed by atoms with Crippen molar-refractivity contribution in [1.82, 2.24) is 20.2 Å². The van der Waals surface area contributed by atoms with Crippen molar-refractivity contribution < 1.29 is 9.18 Å². The van der Waals surface area contributed by atoms with E-state index in [2.05, 4.69) is 15.2 Å². The zero-order chi connectivity index (χ0) is 22.7. The largest absolute Gasteiger partial charge is 0.356 e. The van der Waals surface area contributed by atoms with Gasteiger partial charge in [-0.15, -0.1) is 11.3 Å². The molecule has 0 aliphatic carbocycles. The van der Waals surface area contributed by atoms with E-state index >= 15 is 0 Å². The lowest BCUT2D eigenvalue weighted by Crippen LogP contribution is -2.42. The van der Waals surface area contributed by atoms with E-state index in [4.69, 9.17) is 4.98 Å². The van der Waals surface area contributed by atoms with E-state index in [1.54, 1.807) is 23.6 Å². The number of carbonyl (C=O) groups is 1. The Labute approximate surface area is 190 Å². The van der Waals surface area contributed by atoms with Crippen LogP contribution in [0.15, 0.2) is 34.4 Å². The summed E-state index contributed by atoms with van der Waals surface area (Å²) in [5, 5.41) is 4.81. The molecule has 0 bridgehead atoms. The Morgan fingerprint density at radius 1 is 1.28 bits per heavy atom. The van der Waals surface area contributed by atoms with E-state index in [1.165, 1.54) is 17.4 Å². The summed E-state index contributed by atoms with van der Waals surface area (Å²) in [6.45, 7) is 2.88. The van der Waals surface area contributed by atoms with Gasteiger partial charge in [0, 0.05) is 42.1 Å².